The Morgan fingerprint density at radius 2 is 1.73 bits per heavy atom. The fourth-order valence-electron chi connectivity index (χ4n) is 4.93. The van der Waals surface area contributed by atoms with Gasteiger partial charge >= 0.3 is 0 Å². The molecule has 0 bridgehead atoms. The summed E-state index contributed by atoms with van der Waals surface area (Å²) in [6, 6.07) is 14.7. The third-order valence-electron chi connectivity index (χ3n) is 6.34. The molecule has 2 aliphatic rings. The molecule has 1 N–H and O–H groups in total. The Morgan fingerprint density at radius 1 is 1.03 bits per heavy atom. The minimum absolute atomic E-state index is 0.0127. The summed E-state index contributed by atoms with van der Waals surface area (Å²) < 4.78 is 0. The first-order valence-corrected chi connectivity index (χ1v) is 10.4. The van der Waals surface area contributed by atoms with E-state index in [4.69, 9.17) is 0 Å². The van der Waals surface area contributed by atoms with Crippen molar-refractivity contribution in [2.24, 2.45) is 11.8 Å². The molecule has 2 aromatic carbocycles. The second-order valence-electron chi connectivity index (χ2n) is 8.77. The molecule has 0 radical (unpaired) electrons. The Kier molecular flexibility index (Phi) is 5.52. The number of rotatable bonds is 4. The van der Waals surface area contributed by atoms with Crippen molar-refractivity contribution in [2.75, 3.05) is 40.3 Å². The van der Waals surface area contributed by atoms with Gasteiger partial charge in [0.05, 0.1) is 12.6 Å². The van der Waals surface area contributed by atoms with Crippen LogP contribution in [0.4, 0.5) is 0 Å². The van der Waals surface area contributed by atoms with Crippen molar-refractivity contribution in [1.82, 2.24) is 14.7 Å². The SMILES string of the molecule is Cc1ccccc1[C@H]1[C@@H]2CN(C(=O)c3ccc(O)cc3)C[C@@H]2CN1C(=O)CN(C)C. The normalized spacial score (nSPS) is 23.1. The van der Waals surface area contributed by atoms with E-state index >= 15 is 0 Å². The fourth-order valence-corrected chi connectivity index (χ4v) is 4.93. The van der Waals surface area contributed by atoms with Crippen LogP contribution in [0.1, 0.15) is 27.5 Å². The lowest BCUT2D eigenvalue weighted by molar-refractivity contribution is -0.133. The van der Waals surface area contributed by atoms with Crippen molar-refractivity contribution >= 4 is 11.8 Å². The molecule has 30 heavy (non-hydrogen) atoms. The van der Waals surface area contributed by atoms with Gasteiger partial charge in [0, 0.05) is 37.0 Å². The predicted octanol–water partition coefficient (Wildman–Crippen LogP) is 2.53. The molecule has 2 saturated heterocycles. The van der Waals surface area contributed by atoms with Crippen LogP contribution >= 0.6 is 0 Å². The van der Waals surface area contributed by atoms with E-state index in [2.05, 4.69) is 19.1 Å². The minimum atomic E-state index is -0.0147. The number of nitrogens with zero attached hydrogens (tertiary/aromatic N) is 3. The van der Waals surface area contributed by atoms with Crippen LogP contribution in [0.2, 0.25) is 0 Å². The molecule has 3 atom stereocenters. The molecule has 6 nitrogen and oxygen atoms in total. The average Bonchev–Trinajstić information content (AvgIpc) is 3.26. The number of carbonyl (C=O) groups excluding carboxylic acids is 2. The van der Waals surface area contributed by atoms with Gasteiger partial charge in [0.25, 0.3) is 5.91 Å². The van der Waals surface area contributed by atoms with E-state index in [1.807, 2.05) is 40.9 Å². The average molecular weight is 408 g/mol. The van der Waals surface area contributed by atoms with Gasteiger partial charge in [-0.1, -0.05) is 24.3 Å². The number of benzene rings is 2. The lowest BCUT2D eigenvalue weighted by atomic mass is 9.87. The van der Waals surface area contributed by atoms with Gasteiger partial charge in [-0.05, 0) is 56.4 Å². The predicted molar refractivity (Wildman–Crippen MR) is 115 cm³/mol. The number of likely N-dealkylation sites (N-methyl/N-ethyl adjacent to an activating group) is 1. The Morgan fingerprint density at radius 3 is 2.40 bits per heavy atom. The summed E-state index contributed by atoms with van der Waals surface area (Å²) in [6.07, 6.45) is 0. The van der Waals surface area contributed by atoms with Crippen LogP contribution in [0.3, 0.4) is 0 Å². The summed E-state index contributed by atoms with van der Waals surface area (Å²) in [6.45, 7) is 4.44. The number of carbonyl (C=O) groups is 2. The molecule has 158 valence electrons. The number of hydrogen-bond donors (Lipinski definition) is 1. The number of likely N-dealkylation sites (tertiary alicyclic amines) is 2. The highest BCUT2D eigenvalue weighted by molar-refractivity contribution is 5.94. The van der Waals surface area contributed by atoms with Gasteiger partial charge in [-0.25, -0.2) is 0 Å². The lowest BCUT2D eigenvalue weighted by Gasteiger charge is -2.31. The smallest absolute Gasteiger partial charge is 0.253 e. The van der Waals surface area contributed by atoms with Crippen molar-refractivity contribution < 1.29 is 14.7 Å². The molecule has 0 aliphatic carbocycles. The number of amides is 2. The van der Waals surface area contributed by atoms with Gasteiger partial charge in [0.15, 0.2) is 0 Å². The maximum absolute atomic E-state index is 13.0. The molecular formula is C24H29N3O3. The van der Waals surface area contributed by atoms with E-state index in [9.17, 15) is 14.7 Å². The van der Waals surface area contributed by atoms with E-state index in [0.717, 1.165) is 0 Å². The number of phenolic OH excluding ortho intramolecular Hbond substituents is 1. The molecule has 6 heteroatoms. The molecule has 0 unspecified atom stereocenters. The first kappa shape index (κ1) is 20.4. The Balaban J connectivity index is 1.60. The molecular weight excluding hydrogens is 378 g/mol. The zero-order valence-corrected chi connectivity index (χ0v) is 17.8. The zero-order chi connectivity index (χ0) is 21.4. The monoisotopic (exact) mass is 407 g/mol. The van der Waals surface area contributed by atoms with E-state index in [1.165, 1.54) is 11.1 Å². The molecule has 0 spiro atoms. The van der Waals surface area contributed by atoms with Gasteiger partial charge in [0.2, 0.25) is 5.91 Å². The largest absolute Gasteiger partial charge is 0.508 e. The molecule has 2 fully saturated rings. The van der Waals surface area contributed by atoms with Crippen LogP contribution < -0.4 is 0 Å². The summed E-state index contributed by atoms with van der Waals surface area (Å²) in [5.74, 6) is 0.762. The van der Waals surface area contributed by atoms with Gasteiger partial charge in [0.1, 0.15) is 5.75 Å². The third kappa shape index (κ3) is 3.79. The third-order valence-corrected chi connectivity index (χ3v) is 6.34. The van der Waals surface area contributed by atoms with E-state index in [0.29, 0.717) is 31.7 Å². The van der Waals surface area contributed by atoms with Crippen molar-refractivity contribution in [2.45, 2.75) is 13.0 Å². The number of fused-ring (bicyclic) bond motifs is 1. The van der Waals surface area contributed by atoms with Gasteiger partial charge in [-0.15, -0.1) is 0 Å². The molecule has 0 saturated carbocycles. The first-order chi connectivity index (χ1) is 14.3. The fraction of sp³-hybridized carbons (Fsp3) is 0.417. The van der Waals surface area contributed by atoms with Crippen molar-refractivity contribution in [1.29, 1.82) is 0 Å². The van der Waals surface area contributed by atoms with E-state index in [1.54, 1.807) is 24.3 Å². The first-order valence-electron chi connectivity index (χ1n) is 10.4. The molecule has 0 aromatic heterocycles. The van der Waals surface area contributed by atoms with Gasteiger partial charge in [-0.3, -0.25) is 9.59 Å². The van der Waals surface area contributed by atoms with Crippen LogP contribution in [-0.4, -0.2) is 71.9 Å². The van der Waals surface area contributed by atoms with Gasteiger partial charge in [-0.2, -0.15) is 0 Å². The summed E-state index contributed by atoms with van der Waals surface area (Å²) in [7, 11) is 3.82. The van der Waals surface area contributed by atoms with Crippen molar-refractivity contribution in [3.05, 3.63) is 65.2 Å². The van der Waals surface area contributed by atoms with Crippen LogP contribution in [0, 0.1) is 18.8 Å². The lowest BCUT2D eigenvalue weighted by Crippen LogP contribution is -2.41. The number of hydrogen-bond acceptors (Lipinski definition) is 4. The topological polar surface area (TPSA) is 64.1 Å². The van der Waals surface area contributed by atoms with Crippen LogP contribution in [-0.2, 0) is 4.79 Å². The quantitative estimate of drug-likeness (QED) is 0.846. The van der Waals surface area contributed by atoms with Crippen LogP contribution in [0.25, 0.3) is 0 Å². The zero-order valence-electron chi connectivity index (χ0n) is 17.8. The maximum Gasteiger partial charge on any atom is 0.253 e. The molecule has 2 aliphatic heterocycles. The van der Waals surface area contributed by atoms with Crippen molar-refractivity contribution in [3.8, 4) is 5.75 Å². The number of aromatic hydroxyl groups is 1. The number of phenols is 1. The van der Waals surface area contributed by atoms with E-state index in [-0.39, 0.29) is 35.4 Å². The Labute approximate surface area is 177 Å². The highest BCUT2D eigenvalue weighted by Gasteiger charge is 2.50. The van der Waals surface area contributed by atoms with Gasteiger partial charge < -0.3 is 19.8 Å². The second kappa shape index (κ2) is 8.11. The highest BCUT2D eigenvalue weighted by atomic mass is 16.3. The molecule has 2 aromatic rings. The standard InChI is InChI=1S/C24H29N3O3/c1-16-6-4-5-7-20(16)23-21-14-26(24(30)17-8-10-19(28)11-9-17)12-18(21)13-27(23)22(29)15-25(2)3/h4-11,18,21,23,28H,12-15H2,1-3H3/t18-,21-,23+/m1/s1. The number of aryl methyl sites for hydroxylation is 1. The van der Waals surface area contributed by atoms with Crippen LogP contribution in [0.5, 0.6) is 5.75 Å². The minimum Gasteiger partial charge on any atom is -0.508 e. The van der Waals surface area contributed by atoms with Crippen molar-refractivity contribution in [3.63, 3.8) is 0 Å². The second-order valence-corrected chi connectivity index (χ2v) is 8.77. The highest BCUT2D eigenvalue weighted by Crippen LogP contribution is 2.46. The summed E-state index contributed by atoms with van der Waals surface area (Å²) in [5, 5.41) is 9.50. The summed E-state index contributed by atoms with van der Waals surface area (Å²) in [5.41, 5.74) is 2.94. The Bertz CT molecular complexity index is 941. The Hall–Kier alpha value is -2.86. The maximum atomic E-state index is 13.0. The van der Waals surface area contributed by atoms with Crippen LogP contribution in [0.15, 0.2) is 48.5 Å². The van der Waals surface area contributed by atoms with E-state index < -0.39 is 0 Å². The summed E-state index contributed by atoms with van der Waals surface area (Å²) >= 11 is 0. The molecule has 4 rings (SSSR count). The molecule has 2 amide bonds. The summed E-state index contributed by atoms with van der Waals surface area (Å²) in [4.78, 5) is 31.9. The molecule has 2 heterocycles.